The second-order valence-electron chi connectivity index (χ2n) is 4.36. The zero-order valence-electron chi connectivity index (χ0n) is 11.0. The molecule has 5 nitrogen and oxygen atoms in total. The summed E-state index contributed by atoms with van der Waals surface area (Å²) < 4.78 is 5.30. The van der Waals surface area contributed by atoms with Crippen molar-refractivity contribution in [3.8, 4) is 11.4 Å². The molecule has 0 saturated heterocycles. The quantitative estimate of drug-likeness (QED) is 0.875. The van der Waals surface area contributed by atoms with Gasteiger partial charge in [-0.05, 0) is 25.1 Å². The van der Waals surface area contributed by atoms with Gasteiger partial charge in [0.15, 0.2) is 0 Å². The van der Waals surface area contributed by atoms with Crippen LogP contribution in [0.15, 0.2) is 23.0 Å². The highest BCUT2D eigenvalue weighted by Crippen LogP contribution is 2.21. The van der Waals surface area contributed by atoms with Crippen LogP contribution in [0.25, 0.3) is 11.4 Å². The maximum Gasteiger partial charge on any atom is 0.231 e. The first kappa shape index (κ1) is 12.7. The molecule has 96 valence electrons. The molecule has 0 bridgehead atoms. The van der Waals surface area contributed by atoms with E-state index in [2.05, 4.69) is 34.3 Å². The molecule has 2 heterocycles. The highest BCUT2D eigenvalue weighted by Gasteiger charge is 2.15. The normalized spacial score (nSPS) is 12.6. The van der Waals surface area contributed by atoms with Gasteiger partial charge in [-0.1, -0.05) is 19.0 Å². The zero-order valence-corrected chi connectivity index (χ0v) is 11.0. The second kappa shape index (κ2) is 5.73. The molecular formula is C13H18N4O. The van der Waals surface area contributed by atoms with E-state index in [9.17, 15) is 0 Å². The van der Waals surface area contributed by atoms with Crippen molar-refractivity contribution in [2.45, 2.75) is 26.7 Å². The average molecular weight is 246 g/mol. The van der Waals surface area contributed by atoms with E-state index < -0.39 is 0 Å². The van der Waals surface area contributed by atoms with Crippen molar-refractivity contribution in [3.63, 3.8) is 0 Å². The van der Waals surface area contributed by atoms with Crippen molar-refractivity contribution < 1.29 is 4.52 Å². The molecule has 1 N–H and O–H groups in total. The Morgan fingerprint density at radius 1 is 1.44 bits per heavy atom. The number of hydrogen-bond acceptors (Lipinski definition) is 5. The van der Waals surface area contributed by atoms with Gasteiger partial charge in [0.2, 0.25) is 11.7 Å². The van der Waals surface area contributed by atoms with Gasteiger partial charge in [-0.15, -0.1) is 0 Å². The minimum Gasteiger partial charge on any atom is -0.339 e. The molecule has 0 amide bonds. The first-order chi connectivity index (χ1) is 8.72. The Kier molecular flexibility index (Phi) is 4.04. The zero-order chi connectivity index (χ0) is 13.0. The molecule has 1 atom stereocenters. The standard InChI is InChI=1S/C13H18N4O/c1-4-14-7-10(3)13-16-12(17-18-13)11-8-15-6-5-9(11)2/h5-6,8,10,14H,4,7H2,1-3H3. The molecule has 5 heteroatoms. The van der Waals surface area contributed by atoms with Crippen LogP contribution in [0.3, 0.4) is 0 Å². The predicted octanol–water partition coefficient (Wildman–Crippen LogP) is 2.15. The Morgan fingerprint density at radius 3 is 3.00 bits per heavy atom. The fourth-order valence-corrected chi connectivity index (χ4v) is 1.69. The topological polar surface area (TPSA) is 63.8 Å². The average Bonchev–Trinajstić information content (AvgIpc) is 2.86. The van der Waals surface area contributed by atoms with Crippen molar-refractivity contribution in [1.29, 1.82) is 0 Å². The fourth-order valence-electron chi connectivity index (χ4n) is 1.69. The van der Waals surface area contributed by atoms with Gasteiger partial charge in [-0.25, -0.2) is 0 Å². The van der Waals surface area contributed by atoms with Crippen molar-refractivity contribution in [3.05, 3.63) is 29.9 Å². The number of nitrogens with one attached hydrogen (secondary N) is 1. The Hall–Kier alpha value is -1.75. The summed E-state index contributed by atoms with van der Waals surface area (Å²) in [5.74, 6) is 1.48. The highest BCUT2D eigenvalue weighted by molar-refractivity contribution is 5.57. The molecule has 2 aromatic rings. The number of aryl methyl sites for hydroxylation is 1. The summed E-state index contributed by atoms with van der Waals surface area (Å²) in [7, 11) is 0. The van der Waals surface area contributed by atoms with Crippen molar-refractivity contribution >= 4 is 0 Å². The van der Waals surface area contributed by atoms with E-state index >= 15 is 0 Å². The molecule has 0 radical (unpaired) electrons. The van der Waals surface area contributed by atoms with E-state index in [1.807, 2.05) is 13.0 Å². The summed E-state index contributed by atoms with van der Waals surface area (Å²) in [4.78, 5) is 8.53. The van der Waals surface area contributed by atoms with Crippen LogP contribution in [-0.4, -0.2) is 28.2 Å². The number of likely N-dealkylation sites (N-methyl/N-ethyl adjacent to an activating group) is 1. The van der Waals surface area contributed by atoms with Gasteiger partial charge >= 0.3 is 0 Å². The summed E-state index contributed by atoms with van der Waals surface area (Å²) in [5.41, 5.74) is 2.01. The van der Waals surface area contributed by atoms with Gasteiger partial charge in [0, 0.05) is 30.4 Å². The summed E-state index contributed by atoms with van der Waals surface area (Å²) in [6, 6.07) is 1.94. The molecule has 0 saturated carbocycles. The van der Waals surface area contributed by atoms with Gasteiger partial charge in [-0.3, -0.25) is 4.98 Å². The monoisotopic (exact) mass is 246 g/mol. The second-order valence-corrected chi connectivity index (χ2v) is 4.36. The lowest BCUT2D eigenvalue weighted by molar-refractivity contribution is 0.355. The molecule has 0 aliphatic heterocycles. The van der Waals surface area contributed by atoms with Crippen LogP contribution in [0.2, 0.25) is 0 Å². The van der Waals surface area contributed by atoms with Crippen LogP contribution in [0, 0.1) is 6.92 Å². The summed E-state index contributed by atoms with van der Waals surface area (Å²) >= 11 is 0. The Bertz CT molecular complexity index is 509. The maximum atomic E-state index is 5.30. The highest BCUT2D eigenvalue weighted by atomic mass is 16.5. The Morgan fingerprint density at radius 2 is 2.28 bits per heavy atom. The number of pyridine rings is 1. The largest absolute Gasteiger partial charge is 0.339 e. The number of aromatic nitrogens is 3. The molecule has 18 heavy (non-hydrogen) atoms. The van der Waals surface area contributed by atoms with Crippen LogP contribution in [-0.2, 0) is 0 Å². The van der Waals surface area contributed by atoms with Crippen LogP contribution >= 0.6 is 0 Å². The van der Waals surface area contributed by atoms with Crippen molar-refractivity contribution in [2.75, 3.05) is 13.1 Å². The molecule has 0 aliphatic rings. The molecular weight excluding hydrogens is 228 g/mol. The molecule has 0 fully saturated rings. The van der Waals surface area contributed by atoms with Crippen LogP contribution in [0.1, 0.15) is 31.2 Å². The SMILES string of the molecule is CCNCC(C)c1nc(-c2cnccc2C)no1. The summed E-state index contributed by atoms with van der Waals surface area (Å²) in [6.07, 6.45) is 3.52. The predicted molar refractivity (Wildman–Crippen MR) is 69.2 cm³/mol. The summed E-state index contributed by atoms with van der Waals surface area (Å²) in [6.45, 7) is 7.92. The molecule has 0 aromatic carbocycles. The van der Waals surface area contributed by atoms with E-state index in [-0.39, 0.29) is 5.92 Å². The fraction of sp³-hybridized carbons (Fsp3) is 0.462. The van der Waals surface area contributed by atoms with Crippen LogP contribution in [0.4, 0.5) is 0 Å². The third-order valence-electron chi connectivity index (χ3n) is 2.84. The van der Waals surface area contributed by atoms with Crippen LogP contribution < -0.4 is 5.32 Å². The molecule has 1 unspecified atom stereocenters. The van der Waals surface area contributed by atoms with Gasteiger partial charge in [0.1, 0.15) is 0 Å². The number of hydrogen-bond donors (Lipinski definition) is 1. The lowest BCUT2D eigenvalue weighted by atomic mass is 10.1. The van der Waals surface area contributed by atoms with Gasteiger partial charge in [0.05, 0.1) is 0 Å². The third-order valence-corrected chi connectivity index (χ3v) is 2.84. The van der Waals surface area contributed by atoms with Gasteiger partial charge in [-0.2, -0.15) is 4.98 Å². The Balaban J connectivity index is 2.18. The number of nitrogens with zero attached hydrogens (tertiary/aromatic N) is 3. The maximum absolute atomic E-state index is 5.30. The van der Waals surface area contributed by atoms with Gasteiger partial charge in [0.25, 0.3) is 0 Å². The van der Waals surface area contributed by atoms with Crippen molar-refractivity contribution in [2.24, 2.45) is 0 Å². The molecule has 0 spiro atoms. The molecule has 0 aliphatic carbocycles. The third kappa shape index (κ3) is 2.73. The lowest BCUT2D eigenvalue weighted by Gasteiger charge is -2.05. The first-order valence-electron chi connectivity index (χ1n) is 6.17. The Labute approximate surface area is 107 Å². The first-order valence-corrected chi connectivity index (χ1v) is 6.17. The van der Waals surface area contributed by atoms with E-state index in [0.717, 1.165) is 24.2 Å². The van der Waals surface area contributed by atoms with E-state index in [1.165, 1.54) is 0 Å². The summed E-state index contributed by atoms with van der Waals surface area (Å²) in [5, 5.41) is 7.29. The lowest BCUT2D eigenvalue weighted by Crippen LogP contribution is -2.19. The minimum absolute atomic E-state index is 0.211. The van der Waals surface area contributed by atoms with Crippen molar-refractivity contribution in [1.82, 2.24) is 20.4 Å². The molecule has 2 rings (SSSR count). The smallest absolute Gasteiger partial charge is 0.231 e. The van der Waals surface area contributed by atoms with E-state index in [0.29, 0.717) is 11.7 Å². The van der Waals surface area contributed by atoms with Crippen LogP contribution in [0.5, 0.6) is 0 Å². The van der Waals surface area contributed by atoms with E-state index in [4.69, 9.17) is 4.52 Å². The number of rotatable bonds is 5. The molecule has 2 aromatic heterocycles. The minimum atomic E-state index is 0.211. The van der Waals surface area contributed by atoms with E-state index in [1.54, 1.807) is 12.4 Å². The van der Waals surface area contributed by atoms with Gasteiger partial charge < -0.3 is 9.84 Å².